The number of carbonyl (C=O) groups excluding carboxylic acids is 1. The summed E-state index contributed by atoms with van der Waals surface area (Å²) in [5.41, 5.74) is 1.26. The van der Waals surface area contributed by atoms with Gasteiger partial charge in [0.1, 0.15) is 17.4 Å². The van der Waals surface area contributed by atoms with Crippen LogP contribution in [0.4, 0.5) is 0 Å². The van der Waals surface area contributed by atoms with E-state index in [1.54, 1.807) is 11.8 Å². The summed E-state index contributed by atoms with van der Waals surface area (Å²) < 4.78 is 0. The van der Waals surface area contributed by atoms with Gasteiger partial charge in [0.25, 0.3) is 0 Å². The van der Waals surface area contributed by atoms with E-state index in [9.17, 15) is 9.90 Å². The molecule has 16 heavy (non-hydrogen) atoms. The monoisotopic (exact) mass is 237 g/mol. The zero-order chi connectivity index (χ0) is 11.5. The number of hydrogen-bond acceptors (Lipinski definition) is 3. The first-order chi connectivity index (χ1) is 7.68. The fourth-order valence-corrected chi connectivity index (χ4v) is 3.38. The molecule has 1 fully saturated rings. The van der Waals surface area contributed by atoms with Gasteiger partial charge in [-0.15, -0.1) is 0 Å². The molecule has 3 atom stereocenters. The lowest BCUT2D eigenvalue weighted by Gasteiger charge is -2.17. The number of nitrogens with two attached hydrogens (primary N) is 1. The van der Waals surface area contributed by atoms with Gasteiger partial charge in [0.15, 0.2) is 0 Å². The molecule has 2 rings (SSSR count). The van der Waals surface area contributed by atoms with Gasteiger partial charge < -0.3 is 15.2 Å². The van der Waals surface area contributed by atoms with Crippen molar-refractivity contribution in [3.63, 3.8) is 0 Å². The maximum absolute atomic E-state index is 10.8. The summed E-state index contributed by atoms with van der Waals surface area (Å²) in [5, 5.41) is 12.9. The number of carbonyl (C=O) groups is 1. The number of thioether (sulfide) groups is 1. The van der Waals surface area contributed by atoms with Crippen molar-refractivity contribution in [2.75, 3.05) is 5.75 Å². The van der Waals surface area contributed by atoms with Gasteiger partial charge in [-0.2, -0.15) is 0 Å². The standard InChI is InChI=1S/C12H15NO2S/c1-8(9-5-3-2-4-6-9)11-13-10(7-16-11)12(14)15/h2-6,8,10-11,13H,7H2,1H3,(H,14,15)/t8-,10+,11-/m1/s1. The van der Waals surface area contributed by atoms with Crippen molar-refractivity contribution >= 4 is 17.7 Å². The van der Waals surface area contributed by atoms with Crippen LogP contribution in [-0.2, 0) is 4.79 Å². The maximum Gasteiger partial charge on any atom is 0.140 e. The summed E-state index contributed by atoms with van der Waals surface area (Å²) >= 11 is 1.71. The quantitative estimate of drug-likeness (QED) is 0.774. The first-order valence-electron chi connectivity index (χ1n) is 5.41. The molecule has 86 valence electrons. The minimum Gasteiger partial charge on any atom is -0.544 e. The molecule has 0 saturated carbocycles. The van der Waals surface area contributed by atoms with E-state index in [2.05, 4.69) is 19.1 Å². The Morgan fingerprint density at radius 3 is 2.75 bits per heavy atom. The highest BCUT2D eigenvalue weighted by atomic mass is 32.2. The topological polar surface area (TPSA) is 56.7 Å². The average molecular weight is 237 g/mol. The van der Waals surface area contributed by atoms with Crippen molar-refractivity contribution in [3.05, 3.63) is 35.9 Å². The molecule has 1 aromatic rings. The van der Waals surface area contributed by atoms with Gasteiger partial charge in [-0.3, -0.25) is 0 Å². The Hall–Kier alpha value is -1.00. The number of rotatable bonds is 3. The minimum absolute atomic E-state index is 0.283. The van der Waals surface area contributed by atoms with Crippen LogP contribution in [-0.4, -0.2) is 23.1 Å². The molecule has 2 N–H and O–H groups in total. The second-order valence-corrected chi connectivity index (χ2v) is 5.33. The van der Waals surface area contributed by atoms with Crippen LogP contribution in [0.5, 0.6) is 0 Å². The number of hydrogen-bond donors (Lipinski definition) is 1. The Bertz CT molecular complexity index is 369. The lowest BCUT2D eigenvalue weighted by molar-refractivity contribution is -0.686. The largest absolute Gasteiger partial charge is 0.544 e. The highest BCUT2D eigenvalue weighted by molar-refractivity contribution is 7.99. The summed E-state index contributed by atoms with van der Waals surface area (Å²) in [7, 11) is 0. The molecular weight excluding hydrogens is 222 g/mol. The van der Waals surface area contributed by atoms with E-state index in [-0.39, 0.29) is 11.4 Å². The fraction of sp³-hybridized carbons (Fsp3) is 0.417. The average Bonchev–Trinajstić information content (AvgIpc) is 2.78. The third-order valence-corrected chi connectivity index (χ3v) is 4.51. The first kappa shape index (κ1) is 11.5. The number of quaternary nitrogens is 1. The van der Waals surface area contributed by atoms with Crippen molar-refractivity contribution in [1.29, 1.82) is 0 Å². The number of carboxylic acid groups (broad SMARTS) is 1. The summed E-state index contributed by atoms with van der Waals surface area (Å²) in [6, 6.07) is 9.81. The van der Waals surface area contributed by atoms with E-state index >= 15 is 0 Å². The van der Waals surface area contributed by atoms with Crippen LogP contribution >= 0.6 is 11.8 Å². The molecule has 0 aliphatic carbocycles. The van der Waals surface area contributed by atoms with E-state index < -0.39 is 5.97 Å². The predicted molar refractivity (Wildman–Crippen MR) is 61.8 cm³/mol. The number of carboxylic acids is 1. The molecular formula is C12H15NO2S. The lowest BCUT2D eigenvalue weighted by atomic mass is 10.0. The van der Waals surface area contributed by atoms with Crippen LogP contribution in [0.3, 0.4) is 0 Å². The van der Waals surface area contributed by atoms with Gasteiger partial charge in [0.05, 0.1) is 5.75 Å². The predicted octanol–water partition coefficient (Wildman–Crippen LogP) is -0.455. The number of benzene rings is 1. The highest BCUT2D eigenvalue weighted by Crippen LogP contribution is 2.26. The molecule has 0 spiro atoms. The molecule has 0 radical (unpaired) electrons. The zero-order valence-corrected chi connectivity index (χ0v) is 9.94. The third-order valence-electron chi connectivity index (χ3n) is 3.01. The number of aliphatic carboxylic acids is 1. The molecule has 1 aliphatic rings. The lowest BCUT2D eigenvalue weighted by Crippen LogP contribution is -2.94. The van der Waals surface area contributed by atoms with Crippen LogP contribution in [0.1, 0.15) is 18.4 Å². The van der Waals surface area contributed by atoms with Crippen molar-refractivity contribution in [2.45, 2.75) is 24.3 Å². The van der Waals surface area contributed by atoms with Crippen LogP contribution in [0, 0.1) is 0 Å². The van der Waals surface area contributed by atoms with Crippen LogP contribution < -0.4 is 10.4 Å². The molecule has 4 heteroatoms. The summed E-state index contributed by atoms with van der Waals surface area (Å²) in [6.45, 7) is 2.14. The van der Waals surface area contributed by atoms with Gasteiger partial charge in [-0.25, -0.2) is 0 Å². The molecule has 0 unspecified atom stereocenters. The van der Waals surface area contributed by atoms with Gasteiger partial charge in [0.2, 0.25) is 0 Å². The third kappa shape index (κ3) is 2.39. The Morgan fingerprint density at radius 2 is 2.19 bits per heavy atom. The summed E-state index contributed by atoms with van der Waals surface area (Å²) in [6.07, 6.45) is 0. The SMILES string of the molecule is C[C@H](c1ccccc1)[C@@H]1[NH2+][C@H](C(=O)[O-])CS1. The molecule has 1 aromatic carbocycles. The van der Waals surface area contributed by atoms with E-state index in [4.69, 9.17) is 0 Å². The maximum atomic E-state index is 10.8. The fourth-order valence-electron chi connectivity index (χ4n) is 1.96. The van der Waals surface area contributed by atoms with E-state index in [0.29, 0.717) is 11.7 Å². The Kier molecular flexibility index (Phi) is 3.51. The van der Waals surface area contributed by atoms with Gasteiger partial charge in [-0.1, -0.05) is 49.0 Å². The van der Waals surface area contributed by atoms with Gasteiger partial charge in [0, 0.05) is 5.92 Å². The van der Waals surface area contributed by atoms with Crippen LogP contribution in [0.15, 0.2) is 30.3 Å². The van der Waals surface area contributed by atoms with E-state index in [1.165, 1.54) is 5.56 Å². The molecule has 1 saturated heterocycles. The molecule has 0 aromatic heterocycles. The molecule has 1 aliphatic heterocycles. The summed E-state index contributed by atoms with van der Waals surface area (Å²) in [4.78, 5) is 10.8. The smallest absolute Gasteiger partial charge is 0.140 e. The van der Waals surface area contributed by atoms with Crippen molar-refractivity contribution in [3.8, 4) is 0 Å². The Balaban J connectivity index is 2.02. The van der Waals surface area contributed by atoms with Crippen molar-refractivity contribution in [2.24, 2.45) is 0 Å². The molecule has 0 amide bonds. The van der Waals surface area contributed by atoms with Crippen molar-refractivity contribution < 1.29 is 15.2 Å². The second kappa shape index (κ2) is 4.89. The first-order valence-corrected chi connectivity index (χ1v) is 6.46. The Morgan fingerprint density at radius 1 is 1.50 bits per heavy atom. The second-order valence-electron chi connectivity index (χ2n) is 4.12. The van der Waals surface area contributed by atoms with E-state index in [0.717, 1.165) is 0 Å². The Labute approximate surface area is 99.2 Å². The van der Waals surface area contributed by atoms with Gasteiger partial charge >= 0.3 is 0 Å². The van der Waals surface area contributed by atoms with E-state index in [1.807, 2.05) is 23.5 Å². The molecule has 0 bridgehead atoms. The van der Waals surface area contributed by atoms with Crippen molar-refractivity contribution in [1.82, 2.24) is 0 Å². The van der Waals surface area contributed by atoms with Gasteiger partial charge in [-0.05, 0) is 5.56 Å². The highest BCUT2D eigenvalue weighted by Gasteiger charge is 2.33. The van der Waals surface area contributed by atoms with Crippen LogP contribution in [0.25, 0.3) is 0 Å². The minimum atomic E-state index is -0.949. The van der Waals surface area contributed by atoms with Crippen LogP contribution in [0.2, 0.25) is 0 Å². The summed E-state index contributed by atoms with van der Waals surface area (Å²) in [5.74, 6) is 0.0512. The zero-order valence-electron chi connectivity index (χ0n) is 9.13. The molecule has 1 heterocycles. The normalized spacial score (nSPS) is 26.6. The molecule has 3 nitrogen and oxygen atoms in total.